The molecule has 72 valence electrons. The predicted octanol–water partition coefficient (Wildman–Crippen LogP) is -2.09. The van der Waals surface area contributed by atoms with Crippen molar-refractivity contribution in [2.24, 2.45) is 0 Å². The summed E-state index contributed by atoms with van der Waals surface area (Å²) in [5.41, 5.74) is -0.303. The molecule has 0 radical (unpaired) electrons. The molecule has 0 aliphatic rings. The summed E-state index contributed by atoms with van der Waals surface area (Å²) in [4.78, 5) is 19.7. The molecule has 0 aromatic rings. The smallest absolute Gasteiger partial charge is 1.00 e. The van der Waals surface area contributed by atoms with Gasteiger partial charge in [-0.05, 0) is 0 Å². The molecule has 0 rings (SSSR count). The van der Waals surface area contributed by atoms with Crippen molar-refractivity contribution in [1.82, 2.24) is 0 Å². The fourth-order valence-electron chi connectivity index (χ4n) is 0.258. The molecule has 0 bridgehead atoms. The van der Waals surface area contributed by atoms with E-state index in [9.17, 15) is 9.59 Å². The van der Waals surface area contributed by atoms with Gasteiger partial charge >= 0.3 is 41.5 Å². The first kappa shape index (κ1) is 18.6. The van der Waals surface area contributed by atoms with Crippen molar-refractivity contribution in [1.29, 1.82) is 5.26 Å². The fourth-order valence-corrected chi connectivity index (χ4v) is 0.258. The van der Waals surface area contributed by atoms with E-state index in [0.29, 0.717) is 0 Å². The van der Waals surface area contributed by atoms with Crippen molar-refractivity contribution in [3.63, 3.8) is 0 Å². The third-order valence-electron chi connectivity index (χ3n) is 0.758. The van der Waals surface area contributed by atoms with Crippen molar-refractivity contribution >= 4 is 11.9 Å². The third kappa shape index (κ3) is 17.1. The van der Waals surface area contributed by atoms with E-state index in [1.165, 1.54) is 6.08 Å². The van der Waals surface area contributed by atoms with E-state index in [-0.39, 0.29) is 36.6 Å². The number of carboxylic acid groups (broad SMARTS) is 2. The summed E-state index contributed by atoms with van der Waals surface area (Å²) >= 11 is 0. The minimum Gasteiger partial charge on any atom is -1.00 e. The third-order valence-corrected chi connectivity index (χ3v) is 0.758. The first-order chi connectivity index (χ1) is 5.95. The van der Waals surface area contributed by atoms with Crippen LogP contribution in [0, 0.1) is 11.3 Å². The van der Waals surface area contributed by atoms with E-state index in [2.05, 4.69) is 13.2 Å². The SMILES string of the molecule is C=C(CC(=O)O)C(=O)O.C=CC#N.[H-].[Na+]. The van der Waals surface area contributed by atoms with E-state index in [0.717, 1.165) is 0 Å². The zero-order chi connectivity index (χ0) is 10.9. The van der Waals surface area contributed by atoms with Crippen molar-refractivity contribution in [3.8, 4) is 6.07 Å². The maximum Gasteiger partial charge on any atom is 1.00 e. The molecular formula is C8H10NNaO4. The Morgan fingerprint density at radius 3 is 1.93 bits per heavy atom. The van der Waals surface area contributed by atoms with Crippen molar-refractivity contribution in [2.75, 3.05) is 0 Å². The number of aliphatic carboxylic acids is 2. The van der Waals surface area contributed by atoms with Gasteiger partial charge < -0.3 is 11.6 Å². The Morgan fingerprint density at radius 1 is 1.50 bits per heavy atom. The number of nitrogens with zero attached hydrogens (tertiary/aromatic N) is 1. The Balaban J connectivity index is -0.0000000883. The average molecular weight is 207 g/mol. The van der Waals surface area contributed by atoms with Crippen LogP contribution in [0.5, 0.6) is 0 Å². The van der Waals surface area contributed by atoms with Crippen LogP contribution in [-0.4, -0.2) is 22.2 Å². The van der Waals surface area contributed by atoms with Gasteiger partial charge in [0.15, 0.2) is 0 Å². The second-order valence-electron chi connectivity index (χ2n) is 1.81. The second kappa shape index (κ2) is 11.9. The molecule has 0 spiro atoms. The van der Waals surface area contributed by atoms with Crippen molar-refractivity contribution < 1.29 is 50.8 Å². The van der Waals surface area contributed by atoms with Gasteiger partial charge in [0.05, 0.1) is 12.5 Å². The standard InChI is InChI=1S/C5H6O4.C3H3N.Na.H/c1-3(5(8)9)2-4(6)7;1-2-3-4;;/h1-2H2,(H,6,7)(H,8,9);2H,1H2;;/q;;+1;-1. The molecule has 0 unspecified atom stereocenters. The minimum absolute atomic E-state index is 0. The van der Waals surface area contributed by atoms with Gasteiger partial charge in [-0.25, -0.2) is 4.79 Å². The summed E-state index contributed by atoms with van der Waals surface area (Å²) < 4.78 is 0. The molecule has 0 amide bonds. The molecule has 0 aromatic heterocycles. The van der Waals surface area contributed by atoms with E-state index in [4.69, 9.17) is 15.5 Å². The quantitative estimate of drug-likeness (QED) is 0.314. The summed E-state index contributed by atoms with van der Waals surface area (Å²) in [5.74, 6) is -2.44. The van der Waals surface area contributed by atoms with E-state index in [1.807, 2.05) is 0 Å². The van der Waals surface area contributed by atoms with Crippen molar-refractivity contribution in [3.05, 3.63) is 24.8 Å². The molecular weight excluding hydrogens is 197 g/mol. The van der Waals surface area contributed by atoms with Crippen LogP contribution in [-0.2, 0) is 9.59 Å². The maximum atomic E-state index is 9.87. The Labute approximate surface area is 105 Å². The average Bonchev–Trinajstić information content (AvgIpc) is 2.03. The molecule has 14 heavy (non-hydrogen) atoms. The van der Waals surface area contributed by atoms with Crippen LogP contribution >= 0.6 is 0 Å². The second-order valence-corrected chi connectivity index (χ2v) is 1.81. The van der Waals surface area contributed by atoms with Gasteiger partial charge in [0.1, 0.15) is 0 Å². The van der Waals surface area contributed by atoms with Gasteiger partial charge in [-0.15, -0.1) is 0 Å². The van der Waals surface area contributed by atoms with Crippen LogP contribution in [0.4, 0.5) is 0 Å². The molecule has 0 heterocycles. The van der Waals surface area contributed by atoms with Crippen LogP contribution in [0.1, 0.15) is 7.85 Å². The van der Waals surface area contributed by atoms with Gasteiger partial charge in [0.2, 0.25) is 0 Å². The molecule has 0 fully saturated rings. The maximum absolute atomic E-state index is 9.87. The molecule has 2 N–H and O–H groups in total. The van der Waals surface area contributed by atoms with Gasteiger partial charge in [-0.2, -0.15) is 5.26 Å². The minimum atomic E-state index is -1.27. The molecule has 0 aliphatic heterocycles. The molecule has 0 aliphatic carbocycles. The monoisotopic (exact) mass is 207 g/mol. The Hall–Kier alpha value is -1.09. The molecule has 0 saturated heterocycles. The van der Waals surface area contributed by atoms with Gasteiger partial charge in [0.25, 0.3) is 0 Å². The number of carbonyl (C=O) groups is 2. The summed E-state index contributed by atoms with van der Waals surface area (Å²) in [6.07, 6.45) is 0.676. The number of carboxylic acids is 2. The zero-order valence-corrected chi connectivity index (χ0v) is 9.86. The first-order valence-corrected chi connectivity index (χ1v) is 3.09. The van der Waals surface area contributed by atoms with Crippen LogP contribution in [0.2, 0.25) is 0 Å². The molecule has 0 atom stereocenters. The summed E-state index contributed by atoms with van der Waals surface area (Å²) in [5, 5.41) is 23.6. The molecule has 5 nitrogen and oxygen atoms in total. The van der Waals surface area contributed by atoms with E-state index >= 15 is 0 Å². The first-order valence-electron chi connectivity index (χ1n) is 3.09. The van der Waals surface area contributed by atoms with E-state index in [1.54, 1.807) is 6.07 Å². The van der Waals surface area contributed by atoms with Crippen molar-refractivity contribution in [2.45, 2.75) is 6.42 Å². The van der Waals surface area contributed by atoms with Crippen LogP contribution in [0.3, 0.4) is 0 Å². The summed E-state index contributed by atoms with van der Waals surface area (Å²) in [6, 6.07) is 1.69. The number of hydrogen-bond donors (Lipinski definition) is 2. The summed E-state index contributed by atoms with van der Waals surface area (Å²) in [6.45, 7) is 6.13. The molecule has 6 heteroatoms. The number of allylic oxidation sites excluding steroid dienone is 1. The van der Waals surface area contributed by atoms with Gasteiger partial charge in [-0.3, -0.25) is 4.79 Å². The Bertz CT molecular complexity index is 272. The predicted molar refractivity (Wildman–Crippen MR) is 46.0 cm³/mol. The van der Waals surface area contributed by atoms with E-state index < -0.39 is 18.4 Å². The topological polar surface area (TPSA) is 98.4 Å². The largest absolute Gasteiger partial charge is 1.00 e. The fraction of sp³-hybridized carbons (Fsp3) is 0.125. The Kier molecular flexibility index (Phi) is 15.9. The number of rotatable bonds is 3. The van der Waals surface area contributed by atoms with Gasteiger partial charge in [0, 0.05) is 11.6 Å². The van der Waals surface area contributed by atoms with Crippen LogP contribution in [0.15, 0.2) is 24.8 Å². The molecule has 0 saturated carbocycles. The summed E-state index contributed by atoms with van der Waals surface area (Å²) in [7, 11) is 0. The zero-order valence-electron chi connectivity index (χ0n) is 8.86. The Morgan fingerprint density at radius 2 is 1.86 bits per heavy atom. The van der Waals surface area contributed by atoms with Crippen LogP contribution in [0.25, 0.3) is 0 Å². The number of nitriles is 1. The van der Waals surface area contributed by atoms with Gasteiger partial charge in [-0.1, -0.05) is 13.2 Å². The normalized spacial score (nSPS) is 6.50. The number of hydrogen-bond acceptors (Lipinski definition) is 3. The van der Waals surface area contributed by atoms with Crippen LogP contribution < -0.4 is 29.6 Å². The molecule has 0 aromatic carbocycles.